The van der Waals surface area contributed by atoms with E-state index in [-0.39, 0.29) is 5.69 Å². The zero-order chi connectivity index (χ0) is 24.9. The number of hydrogen-bond acceptors (Lipinski definition) is 5. The molecule has 7 rings (SSSR count). The molecule has 3 aliphatic rings. The largest absolute Gasteiger partial charge is 0.294 e. The molecular formula is C29H26N4O2S. The fourth-order valence-corrected chi connectivity index (χ4v) is 6.45. The lowest BCUT2D eigenvalue weighted by Crippen LogP contribution is -2.48. The van der Waals surface area contributed by atoms with E-state index in [2.05, 4.69) is 44.2 Å². The second-order valence-corrected chi connectivity index (χ2v) is 10.9. The average Bonchev–Trinajstić information content (AvgIpc) is 3.29. The Hall–Kier alpha value is -3.84. The zero-order valence-electron chi connectivity index (χ0n) is 20.2. The van der Waals surface area contributed by atoms with E-state index in [0.29, 0.717) is 21.8 Å². The number of thiazole rings is 1. The number of nitro groups is 1. The van der Waals surface area contributed by atoms with E-state index >= 15 is 0 Å². The van der Waals surface area contributed by atoms with Crippen molar-refractivity contribution < 1.29 is 4.92 Å². The fourth-order valence-electron chi connectivity index (χ4n) is 5.61. The Balaban J connectivity index is 1.53. The van der Waals surface area contributed by atoms with Gasteiger partial charge in [-0.25, -0.2) is 9.67 Å². The standard InChI is InChI=1S/C29H26N4O2S/c1-29(2)21-15-14-20(24(29)16-21)17-30-32-27(23-11-7-9-19-8-3-4-10-22(19)23)18-36-28(32)31-25-12-5-6-13-26(25)33(34)35/h3-14,17-18,21,24H,15-16H2,1-2H3. The van der Waals surface area contributed by atoms with Crippen LogP contribution < -0.4 is 4.80 Å². The summed E-state index contributed by atoms with van der Waals surface area (Å²) in [6.07, 6.45) is 6.59. The van der Waals surface area contributed by atoms with Crippen LogP contribution in [0.1, 0.15) is 26.7 Å². The van der Waals surface area contributed by atoms with Crippen molar-refractivity contribution in [1.82, 2.24) is 4.68 Å². The lowest BCUT2D eigenvalue weighted by Gasteiger charge is -2.55. The monoisotopic (exact) mass is 494 g/mol. The van der Waals surface area contributed by atoms with Gasteiger partial charge in [-0.05, 0) is 52.5 Å². The number of para-hydroxylation sites is 2. The summed E-state index contributed by atoms with van der Waals surface area (Å²) in [6.45, 7) is 4.70. The van der Waals surface area contributed by atoms with E-state index < -0.39 is 4.92 Å². The van der Waals surface area contributed by atoms with Gasteiger partial charge in [0.25, 0.3) is 5.69 Å². The van der Waals surface area contributed by atoms with Gasteiger partial charge in [-0.1, -0.05) is 74.5 Å². The Morgan fingerprint density at radius 1 is 1.08 bits per heavy atom. The van der Waals surface area contributed by atoms with Crippen molar-refractivity contribution in [2.45, 2.75) is 26.7 Å². The number of nitrogens with zero attached hydrogens (tertiary/aromatic N) is 4. The highest BCUT2D eigenvalue weighted by Crippen LogP contribution is 2.58. The molecular weight excluding hydrogens is 468 g/mol. The molecule has 2 atom stereocenters. The van der Waals surface area contributed by atoms with Crippen molar-refractivity contribution in [3.05, 3.63) is 98.7 Å². The van der Waals surface area contributed by atoms with Crippen LogP contribution in [0.2, 0.25) is 0 Å². The molecule has 0 aliphatic heterocycles. The minimum Gasteiger partial charge on any atom is -0.258 e. The van der Waals surface area contributed by atoms with Crippen LogP contribution in [-0.4, -0.2) is 15.8 Å². The topological polar surface area (TPSA) is 72.8 Å². The molecule has 2 bridgehead atoms. The zero-order valence-corrected chi connectivity index (χ0v) is 21.0. The third-order valence-corrected chi connectivity index (χ3v) is 8.69. The molecule has 4 aromatic rings. The summed E-state index contributed by atoms with van der Waals surface area (Å²) in [7, 11) is 0. The van der Waals surface area contributed by atoms with Gasteiger partial charge < -0.3 is 0 Å². The number of nitro benzene ring substituents is 1. The number of fused-ring (bicyclic) bond motifs is 2. The van der Waals surface area contributed by atoms with Gasteiger partial charge in [-0.2, -0.15) is 5.10 Å². The maximum atomic E-state index is 11.6. The van der Waals surface area contributed by atoms with Gasteiger partial charge in [0.2, 0.25) is 4.80 Å². The van der Waals surface area contributed by atoms with Gasteiger partial charge in [0, 0.05) is 17.0 Å². The molecule has 0 N–H and O–H groups in total. The lowest BCUT2D eigenvalue weighted by atomic mass is 9.49. The third-order valence-electron chi connectivity index (χ3n) is 7.88. The van der Waals surface area contributed by atoms with Crippen molar-refractivity contribution in [2.24, 2.45) is 27.3 Å². The second kappa shape index (κ2) is 8.68. The van der Waals surface area contributed by atoms with Gasteiger partial charge >= 0.3 is 0 Å². The maximum Gasteiger partial charge on any atom is 0.294 e. The average molecular weight is 495 g/mol. The quantitative estimate of drug-likeness (QED) is 0.165. The number of allylic oxidation sites excluding steroid dienone is 2. The van der Waals surface area contributed by atoms with Crippen LogP contribution in [0.15, 0.2) is 93.9 Å². The predicted octanol–water partition coefficient (Wildman–Crippen LogP) is 7.34. The van der Waals surface area contributed by atoms with E-state index in [1.54, 1.807) is 18.2 Å². The first-order valence-corrected chi connectivity index (χ1v) is 13.0. The van der Waals surface area contributed by atoms with Crippen molar-refractivity contribution in [3.8, 4) is 11.3 Å². The molecule has 1 aromatic heterocycles. The fraction of sp³-hybridized carbons (Fsp3) is 0.241. The van der Waals surface area contributed by atoms with Gasteiger partial charge in [-0.15, -0.1) is 11.3 Å². The van der Waals surface area contributed by atoms with E-state index in [1.807, 2.05) is 34.5 Å². The normalized spacial score (nSPS) is 20.9. The van der Waals surface area contributed by atoms with Crippen LogP contribution in [0.4, 0.5) is 11.4 Å². The minimum absolute atomic E-state index is 0.0228. The van der Waals surface area contributed by atoms with Gasteiger partial charge in [0.15, 0.2) is 0 Å². The smallest absolute Gasteiger partial charge is 0.258 e. The molecule has 0 radical (unpaired) electrons. The molecule has 0 spiro atoms. The van der Waals surface area contributed by atoms with Crippen molar-refractivity contribution in [2.75, 3.05) is 0 Å². The summed E-state index contributed by atoms with van der Waals surface area (Å²) in [5.41, 5.74) is 3.82. The third kappa shape index (κ3) is 3.71. The molecule has 0 amide bonds. The van der Waals surface area contributed by atoms with E-state index in [1.165, 1.54) is 29.4 Å². The Morgan fingerprint density at radius 3 is 2.67 bits per heavy atom. The van der Waals surface area contributed by atoms with Crippen LogP contribution in [0.25, 0.3) is 22.0 Å². The van der Waals surface area contributed by atoms with Crippen molar-refractivity contribution >= 4 is 39.7 Å². The Kier molecular flexibility index (Phi) is 5.45. The van der Waals surface area contributed by atoms with Crippen LogP contribution in [0.5, 0.6) is 0 Å². The summed E-state index contributed by atoms with van der Waals surface area (Å²) in [5, 5.41) is 20.9. The number of benzene rings is 3. The molecule has 7 heteroatoms. The van der Waals surface area contributed by atoms with E-state index in [0.717, 1.165) is 34.4 Å². The first kappa shape index (κ1) is 22.6. The summed E-state index contributed by atoms with van der Waals surface area (Å²) in [4.78, 5) is 16.5. The Morgan fingerprint density at radius 2 is 1.86 bits per heavy atom. The molecule has 3 aliphatic carbocycles. The number of hydrogen-bond donors (Lipinski definition) is 0. The first-order valence-electron chi connectivity index (χ1n) is 12.1. The van der Waals surface area contributed by atoms with E-state index in [4.69, 9.17) is 10.1 Å². The Labute approximate surface area is 213 Å². The second-order valence-electron chi connectivity index (χ2n) is 10.1. The van der Waals surface area contributed by atoms with E-state index in [9.17, 15) is 10.1 Å². The molecule has 36 heavy (non-hydrogen) atoms. The Bertz CT molecular complexity index is 1620. The summed E-state index contributed by atoms with van der Waals surface area (Å²) in [6, 6.07) is 21.1. The summed E-state index contributed by atoms with van der Waals surface area (Å²) in [5.74, 6) is 1.26. The van der Waals surface area contributed by atoms with Crippen LogP contribution in [0, 0.1) is 27.4 Å². The van der Waals surface area contributed by atoms with Crippen molar-refractivity contribution in [3.63, 3.8) is 0 Å². The molecule has 1 saturated carbocycles. The maximum absolute atomic E-state index is 11.6. The molecule has 180 valence electrons. The SMILES string of the molecule is CC1(C)C2CC=C(C=Nn3c(-c4cccc5ccccc45)csc3=Nc3ccccc3[N+](=O)[O-])C1C2. The number of rotatable bonds is 5. The van der Waals surface area contributed by atoms with Crippen LogP contribution >= 0.6 is 11.3 Å². The first-order chi connectivity index (χ1) is 17.4. The van der Waals surface area contributed by atoms with Crippen molar-refractivity contribution in [1.29, 1.82) is 0 Å². The highest BCUT2D eigenvalue weighted by molar-refractivity contribution is 7.07. The predicted molar refractivity (Wildman–Crippen MR) is 146 cm³/mol. The molecule has 3 aromatic carbocycles. The highest BCUT2D eigenvalue weighted by atomic mass is 32.1. The minimum atomic E-state index is -0.395. The van der Waals surface area contributed by atoms with Gasteiger partial charge in [0.1, 0.15) is 5.69 Å². The number of aromatic nitrogens is 1. The molecule has 1 fully saturated rings. The van der Waals surface area contributed by atoms with Crippen LogP contribution in [-0.2, 0) is 0 Å². The molecule has 1 heterocycles. The van der Waals surface area contributed by atoms with Gasteiger partial charge in [0.05, 0.1) is 16.8 Å². The highest BCUT2D eigenvalue weighted by Gasteiger charge is 2.50. The molecule has 2 unspecified atom stereocenters. The van der Waals surface area contributed by atoms with Crippen LogP contribution in [0.3, 0.4) is 0 Å². The molecule has 6 nitrogen and oxygen atoms in total. The summed E-state index contributed by atoms with van der Waals surface area (Å²) < 4.78 is 1.84. The lowest BCUT2D eigenvalue weighted by molar-refractivity contribution is -0.384. The molecule has 0 saturated heterocycles. The summed E-state index contributed by atoms with van der Waals surface area (Å²) >= 11 is 1.43. The van der Waals surface area contributed by atoms with Gasteiger partial charge in [-0.3, -0.25) is 10.1 Å².